The molecule has 8 nitrogen and oxygen atoms in total. The van der Waals surface area contributed by atoms with Gasteiger partial charge in [-0.2, -0.15) is 13.2 Å². The van der Waals surface area contributed by atoms with Gasteiger partial charge < -0.3 is 20.1 Å². The lowest BCUT2D eigenvalue weighted by atomic mass is 9.92. The molecule has 0 radical (unpaired) electrons. The lowest BCUT2D eigenvalue weighted by Gasteiger charge is -2.34. The van der Waals surface area contributed by atoms with Gasteiger partial charge in [-0.1, -0.05) is 24.3 Å². The van der Waals surface area contributed by atoms with E-state index in [1.807, 2.05) is 12.1 Å². The maximum absolute atomic E-state index is 12.5. The van der Waals surface area contributed by atoms with E-state index < -0.39 is 24.2 Å². The minimum Gasteiger partial charge on any atom is -0.479 e. The fourth-order valence-corrected chi connectivity index (χ4v) is 2.74. The van der Waals surface area contributed by atoms with Crippen LogP contribution in [0.25, 0.3) is 0 Å². The molecule has 1 aliphatic heterocycles. The van der Waals surface area contributed by atoms with Gasteiger partial charge in [-0.15, -0.1) is 0 Å². The predicted molar refractivity (Wildman–Crippen MR) is 88.6 cm³/mol. The molecule has 0 saturated heterocycles. The molecule has 3 N–H and O–H groups in total. The fraction of sp³-hybridized carbons (Fsp3) is 0.294. The molecular weight excluding hydrogens is 383 g/mol. The van der Waals surface area contributed by atoms with Crippen LogP contribution in [-0.4, -0.2) is 55.6 Å². The number of carbonyl (C=O) groups excluding carboxylic acids is 1. The van der Waals surface area contributed by atoms with E-state index in [1.165, 1.54) is 11.1 Å². The Morgan fingerprint density at radius 1 is 1.21 bits per heavy atom. The quantitative estimate of drug-likeness (QED) is 0.711. The maximum atomic E-state index is 12.5. The number of alkyl halides is 3. The zero-order valence-electron chi connectivity index (χ0n) is 14.5. The Hall–Kier alpha value is -3.37. The number of carboxylic acids is 2. The van der Waals surface area contributed by atoms with E-state index >= 15 is 0 Å². The number of nitrogens with one attached hydrogen (secondary N) is 1. The van der Waals surface area contributed by atoms with Crippen LogP contribution in [-0.2, 0) is 16.0 Å². The molecule has 2 heterocycles. The number of hydrogen-bond acceptors (Lipinski definition) is 4. The van der Waals surface area contributed by atoms with Gasteiger partial charge in [0.15, 0.2) is 6.04 Å². The first-order valence-corrected chi connectivity index (χ1v) is 7.95. The van der Waals surface area contributed by atoms with Gasteiger partial charge in [-0.25, -0.2) is 14.6 Å². The van der Waals surface area contributed by atoms with Crippen molar-refractivity contribution in [3.63, 3.8) is 0 Å². The molecule has 0 spiro atoms. The topological polar surface area (TPSA) is 124 Å². The van der Waals surface area contributed by atoms with Crippen molar-refractivity contribution in [3.05, 3.63) is 53.1 Å². The molecule has 0 fully saturated rings. The van der Waals surface area contributed by atoms with Gasteiger partial charge in [0.25, 0.3) is 5.91 Å². The summed E-state index contributed by atoms with van der Waals surface area (Å²) in [6.07, 6.45) is -2.99. The van der Waals surface area contributed by atoms with Gasteiger partial charge in [-0.05, 0) is 24.5 Å². The van der Waals surface area contributed by atoms with E-state index in [-0.39, 0.29) is 5.91 Å². The number of aromatic amines is 1. The second-order valence-corrected chi connectivity index (χ2v) is 5.87. The number of halogens is 3. The number of fused-ring (bicyclic) bond motifs is 1. The minimum absolute atomic E-state index is 0.318. The summed E-state index contributed by atoms with van der Waals surface area (Å²) in [5, 5.41) is 16.7. The smallest absolute Gasteiger partial charge is 0.479 e. The van der Waals surface area contributed by atoms with Crippen molar-refractivity contribution in [2.75, 3.05) is 6.54 Å². The molecule has 0 bridgehead atoms. The molecule has 2 aromatic rings. The zero-order valence-corrected chi connectivity index (χ0v) is 14.5. The maximum Gasteiger partial charge on any atom is 0.490 e. The van der Waals surface area contributed by atoms with Gasteiger partial charge in [-0.3, -0.25) is 4.79 Å². The van der Waals surface area contributed by atoms with Gasteiger partial charge in [0, 0.05) is 6.54 Å². The van der Waals surface area contributed by atoms with Crippen LogP contribution in [0, 0.1) is 6.92 Å². The van der Waals surface area contributed by atoms with Crippen molar-refractivity contribution in [2.45, 2.75) is 25.6 Å². The molecule has 0 aliphatic carbocycles. The molecule has 1 atom stereocenters. The number of benzene rings is 1. The number of carbonyl (C=O) groups is 3. The largest absolute Gasteiger partial charge is 0.490 e. The normalized spacial score (nSPS) is 15.9. The average Bonchev–Trinajstić information content (AvgIpc) is 3.06. The summed E-state index contributed by atoms with van der Waals surface area (Å²) < 4.78 is 31.7. The van der Waals surface area contributed by atoms with Crippen molar-refractivity contribution in [2.24, 2.45) is 0 Å². The van der Waals surface area contributed by atoms with Crippen molar-refractivity contribution in [1.29, 1.82) is 0 Å². The Kier molecular flexibility index (Phi) is 6.06. The third-order valence-corrected chi connectivity index (χ3v) is 3.95. The second kappa shape index (κ2) is 8.11. The van der Waals surface area contributed by atoms with Crippen molar-refractivity contribution in [3.8, 4) is 0 Å². The van der Waals surface area contributed by atoms with Gasteiger partial charge >= 0.3 is 18.1 Å². The molecule has 1 unspecified atom stereocenters. The second-order valence-electron chi connectivity index (χ2n) is 5.87. The summed E-state index contributed by atoms with van der Waals surface area (Å²) in [5.41, 5.74) is 1.98. The van der Waals surface area contributed by atoms with Crippen LogP contribution in [0.2, 0.25) is 0 Å². The zero-order chi connectivity index (χ0) is 21.1. The molecular formula is C17H16F3N3O5. The number of rotatable bonds is 2. The Bertz CT molecular complexity index is 894. The molecule has 3 rings (SSSR count). The molecule has 1 aromatic heterocycles. The van der Waals surface area contributed by atoms with Gasteiger partial charge in [0.05, 0.1) is 6.20 Å². The van der Waals surface area contributed by atoms with Crippen LogP contribution in [0.5, 0.6) is 0 Å². The van der Waals surface area contributed by atoms with E-state index in [1.54, 1.807) is 19.1 Å². The third kappa shape index (κ3) is 4.67. The number of imidazole rings is 1. The van der Waals surface area contributed by atoms with E-state index in [4.69, 9.17) is 9.90 Å². The highest BCUT2D eigenvalue weighted by Gasteiger charge is 2.38. The highest BCUT2D eigenvalue weighted by Crippen LogP contribution is 2.30. The Morgan fingerprint density at radius 2 is 1.82 bits per heavy atom. The third-order valence-electron chi connectivity index (χ3n) is 3.95. The number of nitrogens with zero attached hydrogens (tertiary/aromatic N) is 2. The number of aliphatic carboxylic acids is 2. The Balaban J connectivity index is 0.000000345. The number of aromatic nitrogens is 2. The molecule has 11 heteroatoms. The lowest BCUT2D eigenvalue weighted by molar-refractivity contribution is -0.192. The number of carboxylic acid groups (broad SMARTS) is 2. The number of H-pyrrole nitrogens is 1. The summed E-state index contributed by atoms with van der Waals surface area (Å²) in [5.74, 6) is -3.49. The monoisotopic (exact) mass is 399 g/mol. The first kappa shape index (κ1) is 20.9. The standard InChI is InChI=1S/C15H15N3O3.C2HF3O2/c1-9-16-8-12(17-9)14(19)18-7-6-10-4-2-3-5-11(10)13(18)15(20)21;3-2(4,5)1(6)7/h2-5,8,13H,6-7H2,1H3,(H,16,17)(H,20,21);(H,6,7). The summed E-state index contributed by atoms with van der Waals surface area (Å²) in [6.45, 7) is 2.13. The number of amides is 1. The van der Waals surface area contributed by atoms with Crippen LogP contribution in [0.4, 0.5) is 13.2 Å². The fourth-order valence-electron chi connectivity index (χ4n) is 2.74. The van der Waals surface area contributed by atoms with Crippen molar-refractivity contribution >= 4 is 17.8 Å². The first-order chi connectivity index (χ1) is 13.0. The van der Waals surface area contributed by atoms with Crippen molar-refractivity contribution < 1.29 is 37.8 Å². The summed E-state index contributed by atoms with van der Waals surface area (Å²) in [4.78, 5) is 41.3. The predicted octanol–water partition coefficient (Wildman–Crippen LogP) is 2.18. The van der Waals surface area contributed by atoms with Crippen LogP contribution in [0.3, 0.4) is 0 Å². The minimum atomic E-state index is -5.08. The number of aryl methyl sites for hydroxylation is 1. The van der Waals surface area contributed by atoms with E-state index in [0.29, 0.717) is 30.0 Å². The Morgan fingerprint density at radius 3 is 2.32 bits per heavy atom. The van der Waals surface area contributed by atoms with Crippen LogP contribution < -0.4 is 0 Å². The Labute approximate surface area is 156 Å². The van der Waals surface area contributed by atoms with E-state index in [9.17, 15) is 27.9 Å². The first-order valence-electron chi connectivity index (χ1n) is 7.95. The highest BCUT2D eigenvalue weighted by molar-refractivity contribution is 5.95. The van der Waals surface area contributed by atoms with Crippen LogP contribution >= 0.6 is 0 Å². The molecule has 28 heavy (non-hydrogen) atoms. The lowest BCUT2D eigenvalue weighted by Crippen LogP contribution is -2.43. The number of hydrogen-bond donors (Lipinski definition) is 3. The molecule has 1 aromatic carbocycles. The van der Waals surface area contributed by atoms with Crippen molar-refractivity contribution in [1.82, 2.24) is 14.9 Å². The summed E-state index contributed by atoms with van der Waals surface area (Å²) in [7, 11) is 0. The molecule has 0 saturated carbocycles. The van der Waals surface area contributed by atoms with Gasteiger partial charge in [0.1, 0.15) is 11.5 Å². The molecule has 1 amide bonds. The van der Waals surface area contributed by atoms with E-state index in [2.05, 4.69) is 9.97 Å². The van der Waals surface area contributed by atoms with Crippen LogP contribution in [0.1, 0.15) is 33.5 Å². The van der Waals surface area contributed by atoms with E-state index in [0.717, 1.165) is 5.56 Å². The summed E-state index contributed by atoms with van der Waals surface area (Å²) in [6, 6.07) is 6.40. The van der Waals surface area contributed by atoms with Gasteiger partial charge in [0.2, 0.25) is 0 Å². The highest BCUT2D eigenvalue weighted by atomic mass is 19.4. The average molecular weight is 399 g/mol. The SMILES string of the molecule is Cc1ncc(C(=O)N2CCc3ccccc3C2C(=O)O)[nH]1.O=C(O)C(F)(F)F. The van der Waals surface area contributed by atoms with Crippen LogP contribution in [0.15, 0.2) is 30.5 Å². The summed E-state index contributed by atoms with van der Waals surface area (Å²) >= 11 is 0. The molecule has 1 aliphatic rings. The molecule has 150 valence electrons.